The Morgan fingerprint density at radius 3 is 2.60 bits per heavy atom. The molecule has 1 heterocycles. The second-order valence-corrected chi connectivity index (χ2v) is 5.83. The fraction of sp³-hybridized carbons (Fsp3) is 0.562. The summed E-state index contributed by atoms with van der Waals surface area (Å²) in [5, 5.41) is 0. The van der Waals surface area contributed by atoms with Gasteiger partial charge in [-0.05, 0) is 19.4 Å². The highest BCUT2D eigenvalue weighted by molar-refractivity contribution is 5.76. The largest absolute Gasteiger partial charge is 0.340 e. The minimum absolute atomic E-state index is 0.0483. The normalized spacial score (nSPS) is 18.1. The van der Waals surface area contributed by atoms with Gasteiger partial charge in [0.2, 0.25) is 5.91 Å². The molecule has 1 fully saturated rings. The SMILES string of the molecule is Cc1cccc(CN2CCN(C(=O)CC(C)N)CC2)c1. The van der Waals surface area contributed by atoms with Crippen LogP contribution in [0.25, 0.3) is 0 Å². The van der Waals surface area contributed by atoms with Crippen molar-refractivity contribution in [2.24, 2.45) is 5.73 Å². The van der Waals surface area contributed by atoms with Crippen LogP contribution in [0.4, 0.5) is 0 Å². The number of nitrogens with two attached hydrogens (primary N) is 1. The summed E-state index contributed by atoms with van der Waals surface area (Å²) in [5.74, 6) is 0.190. The summed E-state index contributed by atoms with van der Waals surface area (Å²) in [6, 6.07) is 8.57. The van der Waals surface area contributed by atoms with Gasteiger partial charge in [0.25, 0.3) is 0 Å². The van der Waals surface area contributed by atoms with Gasteiger partial charge in [-0.2, -0.15) is 0 Å². The topological polar surface area (TPSA) is 49.6 Å². The van der Waals surface area contributed by atoms with Gasteiger partial charge in [-0.3, -0.25) is 9.69 Å². The smallest absolute Gasteiger partial charge is 0.224 e. The number of aryl methyl sites for hydroxylation is 1. The highest BCUT2D eigenvalue weighted by Gasteiger charge is 2.21. The van der Waals surface area contributed by atoms with Crippen LogP contribution in [0.1, 0.15) is 24.5 Å². The molecule has 0 radical (unpaired) electrons. The van der Waals surface area contributed by atoms with Crippen LogP contribution >= 0.6 is 0 Å². The van der Waals surface area contributed by atoms with Crippen molar-refractivity contribution in [3.63, 3.8) is 0 Å². The van der Waals surface area contributed by atoms with Gasteiger partial charge in [-0.1, -0.05) is 29.8 Å². The maximum atomic E-state index is 11.9. The monoisotopic (exact) mass is 275 g/mol. The van der Waals surface area contributed by atoms with Crippen molar-refractivity contribution in [2.75, 3.05) is 26.2 Å². The fourth-order valence-electron chi connectivity index (χ4n) is 2.63. The Labute approximate surface area is 121 Å². The molecule has 0 saturated carbocycles. The van der Waals surface area contributed by atoms with Crippen molar-refractivity contribution < 1.29 is 4.79 Å². The third kappa shape index (κ3) is 4.32. The Hall–Kier alpha value is -1.39. The second kappa shape index (κ2) is 6.86. The molecule has 1 aliphatic heterocycles. The van der Waals surface area contributed by atoms with Crippen molar-refractivity contribution >= 4 is 5.91 Å². The first-order chi connectivity index (χ1) is 9.54. The van der Waals surface area contributed by atoms with Crippen molar-refractivity contribution in [1.29, 1.82) is 0 Å². The van der Waals surface area contributed by atoms with E-state index >= 15 is 0 Å². The molecule has 1 aliphatic rings. The summed E-state index contributed by atoms with van der Waals surface area (Å²) in [6.45, 7) is 8.49. The van der Waals surface area contributed by atoms with E-state index in [9.17, 15) is 4.79 Å². The van der Waals surface area contributed by atoms with E-state index in [1.165, 1.54) is 11.1 Å². The molecule has 2 N–H and O–H groups in total. The lowest BCUT2D eigenvalue weighted by atomic mass is 10.1. The zero-order chi connectivity index (χ0) is 14.5. The molecule has 20 heavy (non-hydrogen) atoms. The molecule has 1 atom stereocenters. The maximum Gasteiger partial charge on any atom is 0.224 e. The number of piperazine rings is 1. The zero-order valence-corrected chi connectivity index (χ0v) is 12.5. The van der Waals surface area contributed by atoms with Gasteiger partial charge < -0.3 is 10.6 Å². The predicted molar refractivity (Wildman–Crippen MR) is 81.3 cm³/mol. The first kappa shape index (κ1) is 15.0. The van der Waals surface area contributed by atoms with Crippen molar-refractivity contribution in [1.82, 2.24) is 9.80 Å². The second-order valence-electron chi connectivity index (χ2n) is 5.83. The molecule has 4 nitrogen and oxygen atoms in total. The molecule has 1 amide bonds. The highest BCUT2D eigenvalue weighted by Crippen LogP contribution is 2.11. The molecule has 1 aromatic carbocycles. The van der Waals surface area contributed by atoms with E-state index in [4.69, 9.17) is 5.73 Å². The molecule has 2 rings (SSSR count). The number of amides is 1. The molecule has 0 bridgehead atoms. The van der Waals surface area contributed by atoms with E-state index in [1.807, 2.05) is 11.8 Å². The molecule has 1 aromatic rings. The van der Waals surface area contributed by atoms with E-state index in [0.717, 1.165) is 32.7 Å². The number of hydrogen-bond acceptors (Lipinski definition) is 3. The molecule has 1 saturated heterocycles. The average Bonchev–Trinajstić information content (AvgIpc) is 2.38. The quantitative estimate of drug-likeness (QED) is 0.903. The van der Waals surface area contributed by atoms with Gasteiger partial charge >= 0.3 is 0 Å². The Bertz CT molecular complexity index is 451. The molecular weight excluding hydrogens is 250 g/mol. The fourth-order valence-corrected chi connectivity index (χ4v) is 2.63. The van der Waals surface area contributed by atoms with Crippen molar-refractivity contribution in [3.05, 3.63) is 35.4 Å². The lowest BCUT2D eigenvalue weighted by Crippen LogP contribution is -2.49. The number of carbonyl (C=O) groups is 1. The van der Waals surface area contributed by atoms with Crippen LogP contribution in [0.15, 0.2) is 24.3 Å². The lowest BCUT2D eigenvalue weighted by molar-refractivity contribution is -0.133. The van der Waals surface area contributed by atoms with Crippen molar-refractivity contribution in [2.45, 2.75) is 32.9 Å². The Kier molecular flexibility index (Phi) is 5.15. The van der Waals surface area contributed by atoms with Crippen LogP contribution in [0, 0.1) is 6.92 Å². The van der Waals surface area contributed by atoms with Gasteiger partial charge in [0.05, 0.1) is 0 Å². The molecule has 1 unspecified atom stereocenters. The number of nitrogens with zero attached hydrogens (tertiary/aromatic N) is 2. The number of benzene rings is 1. The van der Waals surface area contributed by atoms with Crippen LogP contribution < -0.4 is 5.73 Å². The summed E-state index contributed by atoms with van der Waals surface area (Å²) in [5.41, 5.74) is 8.33. The van der Waals surface area contributed by atoms with E-state index in [0.29, 0.717) is 6.42 Å². The van der Waals surface area contributed by atoms with E-state index < -0.39 is 0 Å². The van der Waals surface area contributed by atoms with Crippen molar-refractivity contribution in [3.8, 4) is 0 Å². The average molecular weight is 275 g/mol. The van der Waals surface area contributed by atoms with Crippen LogP contribution in [0.3, 0.4) is 0 Å². The maximum absolute atomic E-state index is 11.9. The van der Waals surface area contributed by atoms with Crippen LogP contribution in [-0.2, 0) is 11.3 Å². The summed E-state index contributed by atoms with van der Waals surface area (Å²) < 4.78 is 0. The molecular formula is C16H25N3O. The van der Waals surface area contributed by atoms with Gasteiger partial charge in [0.1, 0.15) is 0 Å². The lowest BCUT2D eigenvalue weighted by Gasteiger charge is -2.35. The Morgan fingerprint density at radius 1 is 1.30 bits per heavy atom. The molecule has 4 heteroatoms. The molecule has 110 valence electrons. The van der Waals surface area contributed by atoms with Crippen LogP contribution in [-0.4, -0.2) is 47.9 Å². The van der Waals surface area contributed by atoms with Crippen LogP contribution in [0.5, 0.6) is 0 Å². The number of rotatable bonds is 4. The van der Waals surface area contributed by atoms with Gasteiger partial charge in [-0.25, -0.2) is 0 Å². The molecule has 0 aliphatic carbocycles. The van der Waals surface area contributed by atoms with Crippen LogP contribution in [0.2, 0.25) is 0 Å². The minimum Gasteiger partial charge on any atom is -0.340 e. The molecule has 0 spiro atoms. The van der Waals surface area contributed by atoms with E-state index in [2.05, 4.69) is 36.1 Å². The summed E-state index contributed by atoms with van der Waals surface area (Å²) in [4.78, 5) is 16.3. The summed E-state index contributed by atoms with van der Waals surface area (Å²) >= 11 is 0. The highest BCUT2D eigenvalue weighted by atomic mass is 16.2. The minimum atomic E-state index is -0.0483. The predicted octanol–water partition coefficient (Wildman–Crippen LogP) is 1.38. The third-order valence-corrected chi connectivity index (χ3v) is 3.71. The Morgan fingerprint density at radius 2 is 2.00 bits per heavy atom. The first-order valence-corrected chi connectivity index (χ1v) is 7.36. The van der Waals surface area contributed by atoms with E-state index in [-0.39, 0.29) is 11.9 Å². The number of hydrogen-bond donors (Lipinski definition) is 1. The standard InChI is InChI=1S/C16H25N3O/c1-13-4-3-5-15(10-13)12-18-6-8-19(9-7-18)16(20)11-14(2)17/h3-5,10,14H,6-9,11-12,17H2,1-2H3. The van der Waals surface area contributed by atoms with E-state index in [1.54, 1.807) is 0 Å². The summed E-state index contributed by atoms with van der Waals surface area (Å²) in [6.07, 6.45) is 0.456. The van der Waals surface area contributed by atoms with Gasteiger partial charge in [0, 0.05) is 45.2 Å². The zero-order valence-electron chi connectivity index (χ0n) is 12.5. The van der Waals surface area contributed by atoms with Gasteiger partial charge in [0.15, 0.2) is 0 Å². The first-order valence-electron chi connectivity index (χ1n) is 7.36. The third-order valence-electron chi connectivity index (χ3n) is 3.71. The molecule has 0 aromatic heterocycles. The summed E-state index contributed by atoms with van der Waals surface area (Å²) in [7, 11) is 0. The number of carbonyl (C=O) groups excluding carboxylic acids is 1. The van der Waals surface area contributed by atoms with Gasteiger partial charge in [-0.15, -0.1) is 0 Å². The Balaban J connectivity index is 1.81.